The normalized spacial score (nSPS) is 17.4. The Balaban J connectivity index is 1.94. The first-order valence-electron chi connectivity index (χ1n) is 6.26. The fraction of sp³-hybridized carbons (Fsp3) is 0.250. The second kappa shape index (κ2) is 4.13. The van der Waals surface area contributed by atoms with E-state index in [9.17, 15) is 4.39 Å². The Labute approximate surface area is 107 Å². The smallest absolute Gasteiger partial charge is 0.146 e. The fourth-order valence-electron chi connectivity index (χ4n) is 2.53. The van der Waals surface area contributed by atoms with Crippen LogP contribution in [0.25, 0.3) is 0 Å². The Kier molecular flexibility index (Phi) is 2.58. The van der Waals surface area contributed by atoms with Crippen LogP contribution in [0, 0.1) is 19.7 Å². The largest absolute Gasteiger partial charge is 0.375 e. The highest BCUT2D eigenvalue weighted by Gasteiger charge is 2.24. The maximum absolute atomic E-state index is 13.7. The molecule has 1 atom stereocenters. The van der Waals surface area contributed by atoms with Crippen molar-refractivity contribution in [1.29, 1.82) is 0 Å². The molecule has 2 aromatic carbocycles. The van der Waals surface area contributed by atoms with Crippen molar-refractivity contribution in [2.24, 2.45) is 0 Å². The molecule has 1 heterocycles. The Bertz CT molecular complexity index is 604. The molecule has 3 rings (SSSR count). The number of hydrogen-bond acceptors (Lipinski definition) is 1. The molecule has 0 fully saturated rings. The molecule has 0 saturated heterocycles. The summed E-state index contributed by atoms with van der Waals surface area (Å²) in [6.07, 6.45) is 0.857. The zero-order valence-electron chi connectivity index (χ0n) is 10.6. The molecule has 2 heteroatoms. The molecular formula is C16H16FN. The quantitative estimate of drug-likeness (QED) is 0.790. The van der Waals surface area contributed by atoms with Crippen LogP contribution in [0.5, 0.6) is 0 Å². The highest BCUT2D eigenvalue weighted by atomic mass is 19.1. The van der Waals surface area contributed by atoms with E-state index >= 15 is 0 Å². The van der Waals surface area contributed by atoms with Crippen LogP contribution < -0.4 is 5.32 Å². The van der Waals surface area contributed by atoms with Crippen LogP contribution in [0.3, 0.4) is 0 Å². The molecule has 0 aliphatic carbocycles. The van der Waals surface area contributed by atoms with Crippen molar-refractivity contribution < 1.29 is 4.39 Å². The summed E-state index contributed by atoms with van der Waals surface area (Å²) >= 11 is 0. The van der Waals surface area contributed by atoms with Gasteiger partial charge >= 0.3 is 0 Å². The van der Waals surface area contributed by atoms with E-state index in [1.807, 2.05) is 6.07 Å². The van der Waals surface area contributed by atoms with Crippen LogP contribution >= 0.6 is 0 Å². The lowest BCUT2D eigenvalue weighted by atomic mass is 9.99. The third-order valence-electron chi connectivity index (χ3n) is 3.78. The van der Waals surface area contributed by atoms with E-state index in [0.717, 1.165) is 12.0 Å². The van der Waals surface area contributed by atoms with Gasteiger partial charge in [-0.25, -0.2) is 4.39 Å². The Morgan fingerprint density at radius 3 is 2.67 bits per heavy atom. The summed E-state index contributed by atoms with van der Waals surface area (Å²) in [5.74, 6) is -0.154. The predicted octanol–water partition coefficient (Wildman–Crippen LogP) is 4.15. The van der Waals surface area contributed by atoms with Gasteiger partial charge in [-0.1, -0.05) is 30.3 Å². The molecule has 92 valence electrons. The van der Waals surface area contributed by atoms with Gasteiger partial charge < -0.3 is 5.32 Å². The fourth-order valence-corrected chi connectivity index (χ4v) is 2.53. The first-order chi connectivity index (χ1) is 8.65. The molecule has 0 radical (unpaired) electrons. The Morgan fingerprint density at radius 1 is 1.11 bits per heavy atom. The first kappa shape index (κ1) is 11.3. The second-order valence-corrected chi connectivity index (χ2v) is 5.02. The van der Waals surface area contributed by atoms with E-state index in [-0.39, 0.29) is 11.9 Å². The zero-order valence-corrected chi connectivity index (χ0v) is 10.6. The molecular weight excluding hydrogens is 225 g/mol. The van der Waals surface area contributed by atoms with Crippen LogP contribution in [0.4, 0.5) is 10.1 Å². The molecule has 1 aliphatic rings. The molecule has 0 aromatic heterocycles. The lowest BCUT2D eigenvalue weighted by molar-refractivity contribution is 0.630. The van der Waals surface area contributed by atoms with Crippen LogP contribution in [0.1, 0.15) is 28.3 Å². The van der Waals surface area contributed by atoms with Crippen molar-refractivity contribution in [3.63, 3.8) is 0 Å². The summed E-state index contributed by atoms with van der Waals surface area (Å²) in [6.45, 7) is 4.22. The molecule has 18 heavy (non-hydrogen) atoms. The number of fused-ring (bicyclic) bond motifs is 1. The second-order valence-electron chi connectivity index (χ2n) is 5.02. The first-order valence-corrected chi connectivity index (χ1v) is 6.26. The highest BCUT2D eigenvalue weighted by molar-refractivity contribution is 5.59. The molecule has 1 nitrogen and oxygen atoms in total. The number of hydrogen-bond donors (Lipinski definition) is 1. The molecule has 1 N–H and O–H groups in total. The molecule has 1 unspecified atom stereocenters. The molecule has 0 bridgehead atoms. The minimum absolute atomic E-state index is 0.154. The number of anilines is 1. The summed E-state index contributed by atoms with van der Waals surface area (Å²) in [6, 6.07) is 11.9. The summed E-state index contributed by atoms with van der Waals surface area (Å²) in [5, 5.41) is 3.29. The van der Waals surface area contributed by atoms with Crippen LogP contribution in [-0.2, 0) is 6.42 Å². The van der Waals surface area contributed by atoms with Gasteiger partial charge in [0.05, 0.1) is 11.7 Å². The van der Waals surface area contributed by atoms with Gasteiger partial charge in [-0.05, 0) is 48.6 Å². The molecule has 0 saturated carbocycles. The molecule has 0 amide bonds. The van der Waals surface area contributed by atoms with Crippen molar-refractivity contribution in [3.05, 3.63) is 64.5 Å². The van der Waals surface area contributed by atoms with E-state index in [4.69, 9.17) is 0 Å². The maximum Gasteiger partial charge on any atom is 0.146 e. The summed E-state index contributed by atoms with van der Waals surface area (Å²) in [4.78, 5) is 0. The van der Waals surface area contributed by atoms with Crippen LogP contribution in [0.2, 0.25) is 0 Å². The van der Waals surface area contributed by atoms with Gasteiger partial charge in [0.25, 0.3) is 0 Å². The third-order valence-corrected chi connectivity index (χ3v) is 3.78. The third kappa shape index (κ3) is 1.78. The minimum atomic E-state index is -0.154. The van der Waals surface area contributed by atoms with E-state index in [2.05, 4.69) is 37.4 Å². The number of nitrogens with one attached hydrogen (secondary N) is 1. The van der Waals surface area contributed by atoms with E-state index in [1.165, 1.54) is 22.8 Å². The number of benzene rings is 2. The maximum atomic E-state index is 13.7. The Hall–Kier alpha value is -1.83. The summed E-state index contributed by atoms with van der Waals surface area (Å²) in [5.41, 5.74) is 5.54. The predicted molar refractivity (Wildman–Crippen MR) is 72.4 cm³/mol. The van der Waals surface area contributed by atoms with Gasteiger partial charge in [0, 0.05) is 0 Å². The lowest BCUT2D eigenvalue weighted by Gasteiger charge is -2.13. The summed E-state index contributed by atoms with van der Waals surface area (Å²) in [7, 11) is 0. The van der Waals surface area contributed by atoms with Crippen LogP contribution in [0.15, 0.2) is 36.4 Å². The van der Waals surface area contributed by atoms with Crippen molar-refractivity contribution in [1.82, 2.24) is 0 Å². The average molecular weight is 241 g/mol. The van der Waals surface area contributed by atoms with Gasteiger partial charge in [0.15, 0.2) is 0 Å². The van der Waals surface area contributed by atoms with Crippen molar-refractivity contribution in [2.45, 2.75) is 26.3 Å². The Morgan fingerprint density at radius 2 is 1.94 bits per heavy atom. The van der Waals surface area contributed by atoms with Crippen molar-refractivity contribution >= 4 is 5.69 Å². The molecule has 0 spiro atoms. The van der Waals surface area contributed by atoms with Gasteiger partial charge in [0.2, 0.25) is 0 Å². The standard InChI is InChI=1S/C16H16FN/c1-10-6-7-12(8-11(10)2)15-9-13-4-3-5-14(17)16(13)18-15/h3-8,15,18H,9H2,1-2H3. The van der Waals surface area contributed by atoms with Crippen LogP contribution in [-0.4, -0.2) is 0 Å². The monoisotopic (exact) mass is 241 g/mol. The van der Waals surface area contributed by atoms with Gasteiger partial charge in [0.1, 0.15) is 5.82 Å². The lowest BCUT2D eigenvalue weighted by Crippen LogP contribution is -2.06. The topological polar surface area (TPSA) is 12.0 Å². The molecule has 2 aromatic rings. The van der Waals surface area contributed by atoms with Gasteiger partial charge in [-0.3, -0.25) is 0 Å². The minimum Gasteiger partial charge on any atom is -0.375 e. The number of rotatable bonds is 1. The van der Waals surface area contributed by atoms with E-state index in [1.54, 1.807) is 6.07 Å². The van der Waals surface area contributed by atoms with E-state index < -0.39 is 0 Å². The number of para-hydroxylation sites is 1. The van der Waals surface area contributed by atoms with Gasteiger partial charge in [-0.2, -0.15) is 0 Å². The zero-order chi connectivity index (χ0) is 12.7. The highest BCUT2D eigenvalue weighted by Crippen LogP contribution is 2.36. The number of halogens is 1. The van der Waals surface area contributed by atoms with Crippen molar-refractivity contribution in [2.75, 3.05) is 5.32 Å². The van der Waals surface area contributed by atoms with Gasteiger partial charge in [-0.15, -0.1) is 0 Å². The SMILES string of the molecule is Cc1ccc(C2Cc3cccc(F)c3N2)cc1C. The molecule has 1 aliphatic heterocycles. The summed E-state index contributed by atoms with van der Waals surface area (Å²) < 4.78 is 13.7. The number of aryl methyl sites for hydroxylation is 2. The van der Waals surface area contributed by atoms with E-state index in [0.29, 0.717) is 5.69 Å². The average Bonchev–Trinajstić information content (AvgIpc) is 2.78. The van der Waals surface area contributed by atoms with Crippen molar-refractivity contribution in [3.8, 4) is 0 Å².